The number of esters is 1. The van der Waals surface area contributed by atoms with Crippen molar-refractivity contribution >= 4 is 5.97 Å². The van der Waals surface area contributed by atoms with Crippen molar-refractivity contribution in [1.82, 2.24) is 10.2 Å². The second-order valence-corrected chi connectivity index (χ2v) is 6.46. The zero-order chi connectivity index (χ0) is 15.9. The maximum absolute atomic E-state index is 12.5. The van der Waals surface area contributed by atoms with Crippen LogP contribution in [0.25, 0.3) is 0 Å². The molecule has 1 fully saturated rings. The highest BCUT2D eigenvalue weighted by atomic mass is 16.5. The van der Waals surface area contributed by atoms with Crippen LogP contribution < -0.4 is 5.32 Å². The Labute approximate surface area is 130 Å². The molecular formula is C17H34N2O2. The van der Waals surface area contributed by atoms with E-state index in [0.717, 1.165) is 45.2 Å². The standard InChI is InChI=1S/C17H34N2O2/c1-6-11-18-17(16(20)21-8-3)10-9-15(13-17)19(12-7-2)14(4)5/h14-15,18H,6-13H2,1-5H3. The summed E-state index contributed by atoms with van der Waals surface area (Å²) in [5, 5.41) is 3.49. The summed E-state index contributed by atoms with van der Waals surface area (Å²) in [6.45, 7) is 13.2. The van der Waals surface area contributed by atoms with Crippen LogP contribution >= 0.6 is 0 Å². The van der Waals surface area contributed by atoms with Gasteiger partial charge in [-0.15, -0.1) is 0 Å². The summed E-state index contributed by atoms with van der Waals surface area (Å²) in [6, 6.07) is 1.01. The fourth-order valence-electron chi connectivity index (χ4n) is 3.47. The number of ether oxygens (including phenoxy) is 1. The Balaban J connectivity index is 2.81. The van der Waals surface area contributed by atoms with E-state index >= 15 is 0 Å². The normalized spacial score (nSPS) is 25.8. The van der Waals surface area contributed by atoms with Gasteiger partial charge in [0.1, 0.15) is 5.54 Å². The van der Waals surface area contributed by atoms with Crippen LogP contribution in [0.3, 0.4) is 0 Å². The van der Waals surface area contributed by atoms with Crippen molar-refractivity contribution in [2.45, 2.75) is 84.3 Å². The predicted octanol–water partition coefficient (Wildman–Crippen LogP) is 2.96. The van der Waals surface area contributed by atoms with Gasteiger partial charge >= 0.3 is 5.97 Å². The number of nitrogens with one attached hydrogen (secondary N) is 1. The molecule has 21 heavy (non-hydrogen) atoms. The van der Waals surface area contributed by atoms with E-state index in [2.05, 4.69) is 37.9 Å². The monoisotopic (exact) mass is 298 g/mol. The van der Waals surface area contributed by atoms with E-state index in [1.807, 2.05) is 6.92 Å². The van der Waals surface area contributed by atoms with Crippen molar-refractivity contribution in [3.8, 4) is 0 Å². The molecule has 1 N–H and O–H groups in total. The first kappa shape index (κ1) is 18.4. The van der Waals surface area contributed by atoms with Gasteiger partial charge in [0.05, 0.1) is 6.61 Å². The maximum Gasteiger partial charge on any atom is 0.326 e. The van der Waals surface area contributed by atoms with Crippen LogP contribution in [0.4, 0.5) is 0 Å². The first-order valence-corrected chi connectivity index (χ1v) is 8.68. The van der Waals surface area contributed by atoms with Crippen LogP contribution in [0.1, 0.15) is 66.7 Å². The van der Waals surface area contributed by atoms with Gasteiger partial charge in [0.25, 0.3) is 0 Å². The van der Waals surface area contributed by atoms with Crippen LogP contribution in [0.2, 0.25) is 0 Å². The Kier molecular flexibility index (Phi) is 7.67. The molecular weight excluding hydrogens is 264 g/mol. The minimum Gasteiger partial charge on any atom is -0.465 e. The first-order valence-electron chi connectivity index (χ1n) is 8.68. The van der Waals surface area contributed by atoms with Gasteiger partial charge in [0.2, 0.25) is 0 Å². The number of carbonyl (C=O) groups excluding carboxylic acids is 1. The van der Waals surface area contributed by atoms with Gasteiger partial charge in [-0.05, 0) is 66.0 Å². The molecule has 0 bridgehead atoms. The van der Waals surface area contributed by atoms with Crippen LogP contribution in [0, 0.1) is 0 Å². The molecule has 0 aromatic heterocycles. The van der Waals surface area contributed by atoms with E-state index < -0.39 is 5.54 Å². The molecule has 2 unspecified atom stereocenters. The third-order valence-corrected chi connectivity index (χ3v) is 4.48. The molecule has 4 nitrogen and oxygen atoms in total. The molecule has 0 radical (unpaired) electrons. The van der Waals surface area contributed by atoms with Crippen LogP contribution in [-0.2, 0) is 9.53 Å². The number of hydrogen-bond acceptors (Lipinski definition) is 4. The molecule has 0 aromatic rings. The van der Waals surface area contributed by atoms with Crippen molar-refractivity contribution in [3.05, 3.63) is 0 Å². The first-order chi connectivity index (χ1) is 10.0. The highest BCUT2D eigenvalue weighted by Crippen LogP contribution is 2.35. The highest BCUT2D eigenvalue weighted by molar-refractivity contribution is 5.81. The van der Waals surface area contributed by atoms with Crippen molar-refractivity contribution < 1.29 is 9.53 Å². The lowest BCUT2D eigenvalue weighted by Gasteiger charge is -2.34. The fraction of sp³-hybridized carbons (Fsp3) is 0.941. The van der Waals surface area contributed by atoms with E-state index in [-0.39, 0.29) is 5.97 Å². The number of rotatable bonds is 9. The molecule has 0 saturated heterocycles. The molecule has 1 saturated carbocycles. The molecule has 1 rings (SSSR count). The predicted molar refractivity (Wildman–Crippen MR) is 87.4 cm³/mol. The molecule has 2 atom stereocenters. The van der Waals surface area contributed by atoms with Crippen LogP contribution in [0.5, 0.6) is 0 Å². The molecule has 0 amide bonds. The highest BCUT2D eigenvalue weighted by Gasteiger charge is 2.47. The maximum atomic E-state index is 12.5. The van der Waals surface area contributed by atoms with Gasteiger partial charge in [-0.1, -0.05) is 13.8 Å². The Bertz CT molecular complexity index is 320. The lowest BCUT2D eigenvalue weighted by Crippen LogP contribution is -2.53. The van der Waals surface area contributed by atoms with E-state index in [1.54, 1.807) is 0 Å². The molecule has 4 heteroatoms. The third kappa shape index (κ3) is 4.68. The van der Waals surface area contributed by atoms with Crippen LogP contribution in [0.15, 0.2) is 0 Å². The van der Waals surface area contributed by atoms with Crippen LogP contribution in [-0.4, -0.2) is 48.2 Å². The van der Waals surface area contributed by atoms with Gasteiger partial charge in [-0.25, -0.2) is 0 Å². The summed E-state index contributed by atoms with van der Waals surface area (Å²) in [5.41, 5.74) is -0.461. The quantitative estimate of drug-likeness (QED) is 0.665. The summed E-state index contributed by atoms with van der Waals surface area (Å²) in [5.74, 6) is -0.0545. The lowest BCUT2D eigenvalue weighted by atomic mass is 9.96. The van der Waals surface area contributed by atoms with Gasteiger partial charge in [0, 0.05) is 12.1 Å². The number of nitrogens with zero attached hydrogens (tertiary/aromatic N) is 1. The minimum atomic E-state index is -0.461. The van der Waals surface area contributed by atoms with E-state index in [1.165, 1.54) is 0 Å². The summed E-state index contributed by atoms with van der Waals surface area (Å²) in [4.78, 5) is 15.0. The van der Waals surface area contributed by atoms with Crippen molar-refractivity contribution in [2.75, 3.05) is 19.7 Å². The molecule has 0 heterocycles. The third-order valence-electron chi connectivity index (χ3n) is 4.48. The second-order valence-electron chi connectivity index (χ2n) is 6.46. The number of hydrogen-bond donors (Lipinski definition) is 1. The summed E-state index contributed by atoms with van der Waals surface area (Å²) in [6.07, 6.45) is 5.04. The van der Waals surface area contributed by atoms with Crippen molar-refractivity contribution in [2.24, 2.45) is 0 Å². The average Bonchev–Trinajstić information content (AvgIpc) is 2.88. The zero-order valence-corrected chi connectivity index (χ0v) is 14.6. The van der Waals surface area contributed by atoms with Gasteiger partial charge in [-0.3, -0.25) is 9.69 Å². The molecule has 0 aliphatic heterocycles. The molecule has 0 spiro atoms. The Hall–Kier alpha value is -0.610. The topological polar surface area (TPSA) is 41.6 Å². The SMILES string of the molecule is CCCNC1(C(=O)OCC)CCC(N(CCC)C(C)C)C1. The second kappa shape index (κ2) is 8.74. The Morgan fingerprint density at radius 3 is 2.57 bits per heavy atom. The largest absolute Gasteiger partial charge is 0.465 e. The summed E-state index contributed by atoms with van der Waals surface area (Å²) in [7, 11) is 0. The van der Waals surface area contributed by atoms with E-state index in [4.69, 9.17) is 4.74 Å². The molecule has 0 aromatic carbocycles. The van der Waals surface area contributed by atoms with Gasteiger partial charge in [0.15, 0.2) is 0 Å². The lowest BCUT2D eigenvalue weighted by molar-refractivity contribution is -0.151. The molecule has 1 aliphatic rings. The number of carbonyl (C=O) groups is 1. The Morgan fingerprint density at radius 2 is 2.05 bits per heavy atom. The molecule has 1 aliphatic carbocycles. The van der Waals surface area contributed by atoms with E-state index in [0.29, 0.717) is 18.7 Å². The molecule has 124 valence electrons. The van der Waals surface area contributed by atoms with Gasteiger partial charge < -0.3 is 10.1 Å². The smallest absolute Gasteiger partial charge is 0.326 e. The summed E-state index contributed by atoms with van der Waals surface area (Å²) >= 11 is 0. The summed E-state index contributed by atoms with van der Waals surface area (Å²) < 4.78 is 5.35. The van der Waals surface area contributed by atoms with Crippen molar-refractivity contribution in [3.63, 3.8) is 0 Å². The zero-order valence-electron chi connectivity index (χ0n) is 14.6. The average molecular weight is 298 g/mol. The minimum absolute atomic E-state index is 0.0545. The van der Waals surface area contributed by atoms with E-state index in [9.17, 15) is 4.79 Å². The Morgan fingerprint density at radius 1 is 1.33 bits per heavy atom. The fourth-order valence-corrected chi connectivity index (χ4v) is 3.47. The van der Waals surface area contributed by atoms with Gasteiger partial charge in [-0.2, -0.15) is 0 Å². The van der Waals surface area contributed by atoms with Crippen molar-refractivity contribution in [1.29, 1.82) is 0 Å².